The summed E-state index contributed by atoms with van der Waals surface area (Å²) in [6.07, 6.45) is 7.45. The number of amides is 1. The number of aryl methyl sites for hydroxylation is 1. The number of carbonyl (C=O) groups excluding carboxylic acids is 1. The third-order valence-electron chi connectivity index (χ3n) is 4.57. The molecular formula is C21H26N2OS. The second-order valence-electron chi connectivity index (χ2n) is 6.61. The lowest BCUT2D eigenvalue weighted by Gasteiger charge is -2.27. The Labute approximate surface area is 154 Å². The molecule has 1 aliphatic heterocycles. The van der Waals surface area contributed by atoms with Crippen molar-refractivity contribution in [2.75, 3.05) is 13.1 Å². The van der Waals surface area contributed by atoms with Gasteiger partial charge in [-0.2, -0.15) is 0 Å². The molecule has 3 rings (SSSR count). The summed E-state index contributed by atoms with van der Waals surface area (Å²) in [4.78, 5) is 17.0. The molecule has 2 heterocycles. The number of nitrogens with one attached hydrogen (secondary N) is 1. The summed E-state index contributed by atoms with van der Waals surface area (Å²) in [6.45, 7) is 6.00. The van der Waals surface area contributed by atoms with Crippen LogP contribution in [0.1, 0.15) is 40.1 Å². The van der Waals surface area contributed by atoms with Crippen molar-refractivity contribution in [1.82, 2.24) is 10.2 Å². The maximum atomic E-state index is 12.1. The van der Waals surface area contributed by atoms with Gasteiger partial charge < -0.3 is 5.32 Å². The smallest absolute Gasteiger partial charge is 0.244 e. The van der Waals surface area contributed by atoms with Gasteiger partial charge in [0.15, 0.2) is 0 Å². The lowest BCUT2D eigenvalue weighted by Crippen LogP contribution is -2.30. The minimum atomic E-state index is -0.0428. The second kappa shape index (κ2) is 8.97. The summed E-state index contributed by atoms with van der Waals surface area (Å²) in [5, 5.41) is 3.01. The summed E-state index contributed by atoms with van der Waals surface area (Å²) >= 11 is 1.69. The monoisotopic (exact) mass is 354 g/mol. The number of piperidine rings is 1. The highest BCUT2D eigenvalue weighted by atomic mass is 32.1. The Morgan fingerprint density at radius 3 is 2.60 bits per heavy atom. The summed E-state index contributed by atoms with van der Waals surface area (Å²) in [5.41, 5.74) is 2.53. The average Bonchev–Trinajstić information content (AvgIpc) is 3.05. The van der Waals surface area contributed by atoms with Crippen LogP contribution < -0.4 is 5.32 Å². The van der Waals surface area contributed by atoms with Crippen molar-refractivity contribution in [2.24, 2.45) is 0 Å². The van der Waals surface area contributed by atoms with Gasteiger partial charge in [-0.05, 0) is 62.2 Å². The number of likely N-dealkylation sites (tertiary alicyclic amines) is 1. The van der Waals surface area contributed by atoms with Gasteiger partial charge in [0.05, 0.1) is 0 Å². The van der Waals surface area contributed by atoms with Crippen LogP contribution in [0, 0.1) is 6.92 Å². The first kappa shape index (κ1) is 17.9. The highest BCUT2D eigenvalue weighted by molar-refractivity contribution is 7.12. The zero-order valence-corrected chi connectivity index (χ0v) is 15.6. The van der Waals surface area contributed by atoms with E-state index in [2.05, 4.69) is 41.4 Å². The fourth-order valence-electron chi connectivity index (χ4n) is 3.18. The number of carbonyl (C=O) groups is 1. The summed E-state index contributed by atoms with van der Waals surface area (Å²) < 4.78 is 0. The molecule has 0 bridgehead atoms. The van der Waals surface area contributed by atoms with Crippen molar-refractivity contribution in [3.05, 3.63) is 63.4 Å². The number of nitrogens with zero attached hydrogens (tertiary/aromatic N) is 1. The van der Waals surface area contributed by atoms with Gasteiger partial charge >= 0.3 is 0 Å². The van der Waals surface area contributed by atoms with Crippen LogP contribution in [-0.4, -0.2) is 23.9 Å². The molecule has 132 valence electrons. The quantitative estimate of drug-likeness (QED) is 0.781. The Morgan fingerprint density at radius 1 is 1.12 bits per heavy atom. The molecule has 1 N–H and O–H groups in total. The lowest BCUT2D eigenvalue weighted by molar-refractivity contribution is -0.116. The maximum Gasteiger partial charge on any atom is 0.244 e. The molecule has 0 radical (unpaired) electrons. The molecule has 1 aliphatic rings. The van der Waals surface area contributed by atoms with Gasteiger partial charge in [-0.3, -0.25) is 9.69 Å². The predicted octanol–water partition coefficient (Wildman–Crippen LogP) is 4.37. The topological polar surface area (TPSA) is 32.3 Å². The SMILES string of the molecule is Cc1ccc(/C=C/C(=O)NCc2ccccc2CN2CCCCC2)s1. The van der Waals surface area contributed by atoms with Crippen LogP contribution in [0.4, 0.5) is 0 Å². The van der Waals surface area contributed by atoms with Gasteiger partial charge in [-0.1, -0.05) is 30.7 Å². The molecule has 0 saturated carbocycles. The first-order chi connectivity index (χ1) is 12.2. The zero-order chi connectivity index (χ0) is 17.5. The Hall–Kier alpha value is -1.91. The van der Waals surface area contributed by atoms with E-state index >= 15 is 0 Å². The molecule has 3 nitrogen and oxygen atoms in total. The fourth-order valence-corrected chi connectivity index (χ4v) is 3.96. The third-order valence-corrected chi connectivity index (χ3v) is 5.54. The van der Waals surface area contributed by atoms with Crippen LogP contribution in [0.2, 0.25) is 0 Å². The van der Waals surface area contributed by atoms with E-state index in [9.17, 15) is 4.79 Å². The summed E-state index contributed by atoms with van der Waals surface area (Å²) in [6, 6.07) is 12.5. The van der Waals surface area contributed by atoms with Crippen LogP contribution in [0.15, 0.2) is 42.5 Å². The molecule has 0 aliphatic carbocycles. The van der Waals surface area contributed by atoms with Crippen molar-refractivity contribution in [3.63, 3.8) is 0 Å². The highest BCUT2D eigenvalue weighted by Gasteiger charge is 2.12. The first-order valence-corrected chi connectivity index (χ1v) is 9.84. The van der Waals surface area contributed by atoms with Crippen LogP contribution in [0.5, 0.6) is 0 Å². The number of thiophene rings is 1. The van der Waals surface area contributed by atoms with Crippen LogP contribution in [-0.2, 0) is 17.9 Å². The van der Waals surface area contributed by atoms with Crippen LogP contribution in [0.3, 0.4) is 0 Å². The Balaban J connectivity index is 1.55. The third kappa shape index (κ3) is 5.55. The first-order valence-electron chi connectivity index (χ1n) is 9.02. The van der Waals surface area contributed by atoms with E-state index in [1.165, 1.54) is 48.4 Å². The van der Waals surface area contributed by atoms with Crippen molar-refractivity contribution in [3.8, 4) is 0 Å². The van der Waals surface area contributed by atoms with E-state index in [1.54, 1.807) is 17.4 Å². The Kier molecular flexibility index (Phi) is 6.42. The minimum absolute atomic E-state index is 0.0428. The Morgan fingerprint density at radius 2 is 1.88 bits per heavy atom. The normalized spacial score (nSPS) is 15.6. The molecule has 1 fully saturated rings. The van der Waals surface area contributed by atoms with E-state index in [1.807, 2.05) is 18.2 Å². The van der Waals surface area contributed by atoms with E-state index in [0.29, 0.717) is 6.54 Å². The molecule has 1 aromatic heterocycles. The summed E-state index contributed by atoms with van der Waals surface area (Å²) in [5.74, 6) is -0.0428. The molecule has 0 atom stereocenters. The molecule has 1 amide bonds. The minimum Gasteiger partial charge on any atom is -0.348 e. The van der Waals surface area contributed by atoms with Gasteiger partial charge in [-0.15, -0.1) is 11.3 Å². The number of benzene rings is 1. The van der Waals surface area contributed by atoms with Crippen molar-refractivity contribution in [2.45, 2.75) is 39.3 Å². The zero-order valence-electron chi connectivity index (χ0n) is 14.8. The van der Waals surface area contributed by atoms with E-state index in [-0.39, 0.29) is 5.91 Å². The van der Waals surface area contributed by atoms with Crippen LogP contribution in [0.25, 0.3) is 6.08 Å². The van der Waals surface area contributed by atoms with Gasteiger partial charge in [0.25, 0.3) is 0 Å². The number of hydrogen-bond donors (Lipinski definition) is 1. The molecule has 25 heavy (non-hydrogen) atoms. The van der Waals surface area contributed by atoms with Crippen LogP contribution >= 0.6 is 11.3 Å². The molecular weight excluding hydrogens is 328 g/mol. The van der Waals surface area contributed by atoms with E-state index in [0.717, 1.165) is 11.4 Å². The van der Waals surface area contributed by atoms with Gasteiger partial charge in [0.2, 0.25) is 5.91 Å². The van der Waals surface area contributed by atoms with E-state index in [4.69, 9.17) is 0 Å². The van der Waals surface area contributed by atoms with Crippen molar-refractivity contribution >= 4 is 23.3 Å². The maximum absolute atomic E-state index is 12.1. The second-order valence-corrected chi connectivity index (χ2v) is 7.92. The summed E-state index contributed by atoms with van der Waals surface area (Å²) in [7, 11) is 0. The highest BCUT2D eigenvalue weighted by Crippen LogP contribution is 2.17. The molecule has 2 aromatic rings. The van der Waals surface area contributed by atoms with Gasteiger partial charge in [-0.25, -0.2) is 0 Å². The number of hydrogen-bond acceptors (Lipinski definition) is 3. The van der Waals surface area contributed by atoms with Crippen molar-refractivity contribution < 1.29 is 4.79 Å². The van der Waals surface area contributed by atoms with Crippen molar-refractivity contribution in [1.29, 1.82) is 0 Å². The van der Waals surface area contributed by atoms with E-state index < -0.39 is 0 Å². The fraction of sp³-hybridized carbons (Fsp3) is 0.381. The molecule has 4 heteroatoms. The Bertz CT molecular complexity index is 729. The molecule has 0 spiro atoms. The molecule has 1 aromatic carbocycles. The van der Waals surface area contributed by atoms with Gasteiger partial charge in [0, 0.05) is 28.9 Å². The average molecular weight is 355 g/mol. The molecule has 0 unspecified atom stereocenters. The standard InChI is InChI=1S/C21H26N2OS/c1-17-9-10-20(25-17)11-12-21(24)22-15-18-7-3-4-8-19(18)16-23-13-5-2-6-14-23/h3-4,7-12H,2,5-6,13-16H2,1H3,(H,22,24)/b12-11+. The predicted molar refractivity (Wildman–Crippen MR) is 106 cm³/mol. The molecule has 1 saturated heterocycles. The number of rotatable bonds is 6. The van der Waals surface area contributed by atoms with Gasteiger partial charge in [0.1, 0.15) is 0 Å². The largest absolute Gasteiger partial charge is 0.348 e. The lowest BCUT2D eigenvalue weighted by atomic mass is 10.0.